The van der Waals surface area contributed by atoms with E-state index in [1.54, 1.807) is 16.3 Å². The highest BCUT2D eigenvalue weighted by Gasteiger charge is 2.23. The number of thiophene rings is 1. The Balaban J connectivity index is 1.70. The van der Waals surface area contributed by atoms with Crippen molar-refractivity contribution in [1.29, 1.82) is 0 Å². The molecule has 29 heavy (non-hydrogen) atoms. The Morgan fingerprint density at radius 1 is 1.31 bits per heavy atom. The molecule has 0 bridgehead atoms. The predicted octanol–water partition coefficient (Wildman–Crippen LogP) is 3.54. The van der Waals surface area contributed by atoms with Crippen LogP contribution in [0.3, 0.4) is 0 Å². The molecule has 1 aliphatic rings. The Morgan fingerprint density at radius 2 is 2.03 bits per heavy atom. The number of anilines is 2. The molecule has 0 unspecified atom stereocenters. The number of amides is 1. The van der Waals surface area contributed by atoms with Crippen molar-refractivity contribution in [2.45, 2.75) is 44.7 Å². The molecule has 3 rings (SSSR count). The summed E-state index contributed by atoms with van der Waals surface area (Å²) in [6.07, 6.45) is 6.95. The first-order valence-electron chi connectivity index (χ1n) is 9.58. The number of carbonyl (C=O) groups excluding carboxylic acids is 1. The van der Waals surface area contributed by atoms with Crippen molar-refractivity contribution in [2.75, 3.05) is 17.7 Å². The zero-order valence-electron chi connectivity index (χ0n) is 16.8. The van der Waals surface area contributed by atoms with E-state index in [4.69, 9.17) is 4.98 Å². The van der Waals surface area contributed by atoms with Crippen molar-refractivity contribution in [1.82, 2.24) is 20.3 Å². The van der Waals surface area contributed by atoms with Crippen LogP contribution in [0.4, 0.5) is 11.8 Å². The molecule has 2 aromatic rings. The van der Waals surface area contributed by atoms with E-state index in [-0.39, 0.29) is 11.9 Å². The summed E-state index contributed by atoms with van der Waals surface area (Å²) in [7, 11) is 1.81. The van der Waals surface area contributed by atoms with E-state index in [2.05, 4.69) is 39.3 Å². The number of nitrogens with one attached hydrogen (secondary N) is 3. The molecule has 1 aliphatic carbocycles. The summed E-state index contributed by atoms with van der Waals surface area (Å²) in [5.74, 6) is 1.28. The summed E-state index contributed by atoms with van der Waals surface area (Å²) in [4.78, 5) is 20.8. The molecule has 1 fully saturated rings. The quantitative estimate of drug-likeness (QED) is 0.348. The summed E-state index contributed by atoms with van der Waals surface area (Å²) < 4.78 is 1.05. The van der Waals surface area contributed by atoms with Gasteiger partial charge < -0.3 is 16.0 Å². The Hall–Kier alpha value is -2.94. The predicted molar refractivity (Wildman–Crippen MR) is 120 cm³/mol. The molecular formula is C20H27N7OS. The fourth-order valence-corrected chi connectivity index (χ4v) is 4.17. The molecular weight excluding hydrogens is 386 g/mol. The van der Waals surface area contributed by atoms with Gasteiger partial charge in [0.1, 0.15) is 5.82 Å². The molecule has 1 saturated carbocycles. The minimum absolute atomic E-state index is 0.103. The molecule has 2 heterocycles. The van der Waals surface area contributed by atoms with Crippen molar-refractivity contribution >= 4 is 45.9 Å². The minimum Gasteiger partial charge on any atom is -0.366 e. The van der Waals surface area contributed by atoms with E-state index in [0.717, 1.165) is 47.4 Å². The third-order valence-corrected chi connectivity index (χ3v) is 5.73. The number of nitrogens with zero attached hydrogens (tertiary/aromatic N) is 4. The van der Waals surface area contributed by atoms with Gasteiger partial charge in [0.05, 0.1) is 10.2 Å². The van der Waals surface area contributed by atoms with Gasteiger partial charge in [0.25, 0.3) is 0 Å². The third-order valence-electron chi connectivity index (χ3n) is 4.82. The van der Waals surface area contributed by atoms with Gasteiger partial charge in [0.2, 0.25) is 11.9 Å². The Bertz CT molecular complexity index is 915. The molecule has 0 saturated heterocycles. The van der Waals surface area contributed by atoms with Crippen LogP contribution in [0.1, 0.15) is 32.6 Å². The van der Waals surface area contributed by atoms with E-state index in [9.17, 15) is 4.79 Å². The number of fused-ring (bicyclic) bond motifs is 1. The largest absolute Gasteiger partial charge is 0.366 e. The minimum atomic E-state index is -0.103. The molecule has 3 N–H and O–H groups in total. The molecule has 154 valence electrons. The second-order valence-corrected chi connectivity index (χ2v) is 8.00. The van der Waals surface area contributed by atoms with E-state index in [1.807, 2.05) is 31.6 Å². The van der Waals surface area contributed by atoms with Crippen LogP contribution in [-0.4, -0.2) is 46.7 Å². The Kier molecular flexibility index (Phi) is 6.82. The van der Waals surface area contributed by atoms with Gasteiger partial charge in [-0.2, -0.15) is 10.1 Å². The SMILES string of the molecule is C=CC(=O)N[C@H]1CC[C@@H](Nc2nc(N/C(C)=C/N(C)N=C)nc3ccsc23)CC1. The van der Waals surface area contributed by atoms with E-state index < -0.39 is 0 Å². The van der Waals surface area contributed by atoms with Gasteiger partial charge in [-0.3, -0.25) is 9.80 Å². The fourth-order valence-electron chi connectivity index (χ4n) is 3.38. The van der Waals surface area contributed by atoms with Crippen LogP contribution in [-0.2, 0) is 4.79 Å². The van der Waals surface area contributed by atoms with Crippen molar-refractivity contribution in [2.24, 2.45) is 5.10 Å². The van der Waals surface area contributed by atoms with Crippen LogP contribution >= 0.6 is 11.3 Å². The van der Waals surface area contributed by atoms with E-state index >= 15 is 0 Å². The Morgan fingerprint density at radius 3 is 2.72 bits per heavy atom. The molecule has 0 aliphatic heterocycles. The van der Waals surface area contributed by atoms with Crippen molar-refractivity contribution < 1.29 is 4.79 Å². The molecule has 0 aromatic carbocycles. The van der Waals surface area contributed by atoms with Crippen molar-refractivity contribution in [3.8, 4) is 0 Å². The van der Waals surface area contributed by atoms with Crippen LogP contribution in [0.15, 0.2) is 41.1 Å². The van der Waals surface area contributed by atoms with Crippen LogP contribution in [0.25, 0.3) is 10.2 Å². The first kappa shape index (κ1) is 20.8. The first-order chi connectivity index (χ1) is 14.0. The smallest absolute Gasteiger partial charge is 0.243 e. The third kappa shape index (κ3) is 5.54. The zero-order valence-corrected chi connectivity index (χ0v) is 17.6. The number of hydrazone groups is 1. The van der Waals surface area contributed by atoms with Gasteiger partial charge in [-0.15, -0.1) is 11.3 Å². The molecule has 0 spiro atoms. The summed E-state index contributed by atoms with van der Waals surface area (Å²) >= 11 is 1.63. The average Bonchev–Trinajstić information content (AvgIpc) is 3.18. The summed E-state index contributed by atoms with van der Waals surface area (Å²) in [6.45, 7) is 8.93. The number of hydrogen-bond acceptors (Lipinski definition) is 8. The molecule has 9 heteroatoms. The van der Waals surface area contributed by atoms with Crippen LogP contribution in [0.5, 0.6) is 0 Å². The van der Waals surface area contributed by atoms with Gasteiger partial charge in [0.15, 0.2) is 0 Å². The number of rotatable bonds is 8. The normalized spacial score (nSPS) is 19.4. The van der Waals surface area contributed by atoms with Gasteiger partial charge in [-0.05, 0) is 50.1 Å². The monoisotopic (exact) mass is 413 g/mol. The second kappa shape index (κ2) is 9.51. The highest BCUT2D eigenvalue weighted by molar-refractivity contribution is 7.17. The van der Waals surface area contributed by atoms with Gasteiger partial charge in [0, 0.05) is 37.7 Å². The second-order valence-electron chi connectivity index (χ2n) is 7.09. The van der Waals surface area contributed by atoms with Gasteiger partial charge >= 0.3 is 0 Å². The fraction of sp³-hybridized carbons (Fsp3) is 0.400. The maximum atomic E-state index is 11.5. The Labute approximate surface area is 174 Å². The lowest BCUT2D eigenvalue weighted by Crippen LogP contribution is -2.39. The molecule has 8 nitrogen and oxygen atoms in total. The van der Waals surface area contributed by atoms with Gasteiger partial charge in [-0.25, -0.2) is 4.98 Å². The number of carbonyl (C=O) groups is 1. The summed E-state index contributed by atoms with van der Waals surface area (Å²) in [5.41, 5.74) is 1.77. The number of allylic oxidation sites excluding steroid dienone is 1. The lowest BCUT2D eigenvalue weighted by Gasteiger charge is -2.29. The van der Waals surface area contributed by atoms with Crippen LogP contribution in [0, 0.1) is 0 Å². The van der Waals surface area contributed by atoms with E-state index in [1.165, 1.54) is 6.08 Å². The highest BCUT2D eigenvalue weighted by Crippen LogP contribution is 2.30. The number of aromatic nitrogens is 2. The van der Waals surface area contributed by atoms with Gasteiger partial charge in [-0.1, -0.05) is 6.58 Å². The molecule has 1 amide bonds. The zero-order chi connectivity index (χ0) is 20.8. The standard InChI is InChI=1S/C20H27N7OS/c1-5-17(28)23-14-6-8-15(9-7-14)24-19-18-16(10-11-29-18)25-20(26-19)22-13(2)12-27(4)21-3/h5,10-12,14-15H,1,3,6-9H2,2,4H3,(H,23,28)(H2,22,24,25,26)/b13-12+/t14-,15+. The average molecular weight is 414 g/mol. The summed E-state index contributed by atoms with van der Waals surface area (Å²) in [6, 6.07) is 2.52. The summed E-state index contributed by atoms with van der Waals surface area (Å²) in [5, 5.41) is 17.3. The topological polar surface area (TPSA) is 94.5 Å². The maximum Gasteiger partial charge on any atom is 0.243 e. The maximum absolute atomic E-state index is 11.5. The van der Waals surface area contributed by atoms with Crippen molar-refractivity contribution in [3.05, 3.63) is 36.0 Å². The molecule has 0 atom stereocenters. The van der Waals surface area contributed by atoms with Crippen LogP contribution in [0.2, 0.25) is 0 Å². The lowest BCUT2D eigenvalue weighted by atomic mass is 9.91. The lowest BCUT2D eigenvalue weighted by molar-refractivity contribution is -0.117. The highest BCUT2D eigenvalue weighted by atomic mass is 32.1. The number of hydrogen-bond donors (Lipinski definition) is 3. The molecule has 0 radical (unpaired) electrons. The first-order valence-corrected chi connectivity index (χ1v) is 10.5. The molecule has 2 aromatic heterocycles. The van der Waals surface area contributed by atoms with E-state index in [0.29, 0.717) is 12.0 Å². The van der Waals surface area contributed by atoms with Crippen LogP contribution < -0.4 is 16.0 Å². The van der Waals surface area contributed by atoms with Crippen molar-refractivity contribution in [3.63, 3.8) is 0 Å².